The third kappa shape index (κ3) is 7.25. The van der Waals surface area contributed by atoms with E-state index in [1.54, 1.807) is 42.5 Å². The normalized spacial score (nSPS) is 13.3. The van der Waals surface area contributed by atoms with E-state index in [0.717, 1.165) is 17.9 Å². The molecule has 1 saturated heterocycles. The van der Waals surface area contributed by atoms with Crippen LogP contribution < -0.4 is 19.7 Å². The summed E-state index contributed by atoms with van der Waals surface area (Å²) in [5.41, 5.74) is 2.04. The first-order valence-electron chi connectivity index (χ1n) is 12.3. The lowest BCUT2D eigenvalue weighted by atomic mass is 10.1. The Morgan fingerprint density at radius 1 is 0.868 bits per heavy atom. The lowest BCUT2D eigenvalue weighted by molar-refractivity contribution is -0.118. The fraction of sp³-hybridized carbons (Fsp3) is 0.286. The number of piperazine rings is 1. The Balaban J connectivity index is 1.28. The first kappa shape index (κ1) is 27.9. The summed E-state index contributed by atoms with van der Waals surface area (Å²) in [7, 11) is 0. The Morgan fingerprint density at radius 3 is 2.26 bits per heavy atom. The molecule has 3 aromatic rings. The number of carbonyl (C=O) groups is 2. The molecule has 1 aliphatic rings. The lowest BCUT2D eigenvalue weighted by Gasteiger charge is -2.36. The predicted octanol–water partition coefficient (Wildman–Crippen LogP) is 6.42. The van der Waals surface area contributed by atoms with Gasteiger partial charge in [0.25, 0.3) is 11.8 Å². The van der Waals surface area contributed by atoms with Gasteiger partial charge >= 0.3 is 0 Å². The highest BCUT2D eigenvalue weighted by atomic mass is 35.5. The van der Waals surface area contributed by atoms with Crippen molar-refractivity contribution >= 4 is 58.0 Å². The predicted molar refractivity (Wildman–Crippen MR) is 152 cm³/mol. The molecular weight excluding hydrogens is 549 g/mol. The van der Waals surface area contributed by atoms with Crippen LogP contribution in [-0.4, -0.2) is 56.1 Å². The van der Waals surface area contributed by atoms with Crippen LogP contribution in [0.4, 0.5) is 11.4 Å². The minimum atomic E-state index is -0.350. The van der Waals surface area contributed by atoms with Gasteiger partial charge in [0.1, 0.15) is 11.5 Å². The van der Waals surface area contributed by atoms with Gasteiger partial charge in [0.2, 0.25) is 0 Å². The van der Waals surface area contributed by atoms with Crippen molar-refractivity contribution in [2.24, 2.45) is 0 Å². The zero-order chi connectivity index (χ0) is 27.1. The maximum absolute atomic E-state index is 12.9. The minimum absolute atomic E-state index is 0.00189. The van der Waals surface area contributed by atoms with Crippen LogP contribution in [0.2, 0.25) is 15.1 Å². The van der Waals surface area contributed by atoms with Crippen molar-refractivity contribution in [3.05, 3.63) is 81.3 Å². The second-order valence-corrected chi connectivity index (χ2v) is 9.98. The van der Waals surface area contributed by atoms with Crippen LogP contribution in [-0.2, 0) is 4.79 Å². The number of benzene rings is 3. The van der Waals surface area contributed by atoms with E-state index in [4.69, 9.17) is 44.3 Å². The molecule has 10 heteroatoms. The molecular formula is C28H28Cl3N3O4. The average Bonchev–Trinajstić information content (AvgIpc) is 2.91. The number of rotatable bonds is 9. The van der Waals surface area contributed by atoms with Crippen molar-refractivity contribution in [2.45, 2.75) is 13.3 Å². The molecule has 4 rings (SSSR count). The number of ether oxygens (including phenoxy) is 2. The van der Waals surface area contributed by atoms with Gasteiger partial charge in [-0.1, -0.05) is 41.7 Å². The van der Waals surface area contributed by atoms with Gasteiger partial charge in [0, 0.05) is 42.5 Å². The molecule has 0 unspecified atom stereocenters. The van der Waals surface area contributed by atoms with E-state index in [-0.39, 0.29) is 18.4 Å². The van der Waals surface area contributed by atoms with Crippen molar-refractivity contribution < 1.29 is 19.1 Å². The number of anilines is 2. The third-order valence-electron chi connectivity index (χ3n) is 5.97. The molecule has 0 saturated carbocycles. The monoisotopic (exact) mass is 575 g/mol. The number of nitrogens with one attached hydrogen (secondary N) is 1. The molecule has 1 aliphatic heterocycles. The Hall–Kier alpha value is -3.13. The molecule has 0 spiro atoms. The molecule has 3 aromatic carbocycles. The molecule has 38 heavy (non-hydrogen) atoms. The Labute approximate surface area is 237 Å². The first-order chi connectivity index (χ1) is 18.3. The van der Waals surface area contributed by atoms with Crippen LogP contribution >= 0.6 is 34.8 Å². The van der Waals surface area contributed by atoms with E-state index >= 15 is 0 Å². The number of hydrogen-bond acceptors (Lipinski definition) is 5. The smallest absolute Gasteiger partial charge is 0.262 e. The second kappa shape index (κ2) is 13.1. The fourth-order valence-corrected chi connectivity index (χ4v) is 4.78. The number of hydrogen-bond donors (Lipinski definition) is 1. The van der Waals surface area contributed by atoms with Crippen LogP contribution in [0.25, 0.3) is 0 Å². The molecule has 2 amide bonds. The first-order valence-corrected chi connectivity index (χ1v) is 13.4. The molecule has 0 radical (unpaired) electrons. The molecule has 0 atom stereocenters. The zero-order valence-electron chi connectivity index (χ0n) is 20.9. The highest BCUT2D eigenvalue weighted by Gasteiger charge is 2.23. The maximum Gasteiger partial charge on any atom is 0.262 e. The van der Waals surface area contributed by atoms with Crippen LogP contribution in [0.1, 0.15) is 23.7 Å². The quantitative estimate of drug-likeness (QED) is 0.319. The van der Waals surface area contributed by atoms with E-state index in [1.165, 1.54) is 0 Å². The van der Waals surface area contributed by atoms with Crippen molar-refractivity contribution in [1.29, 1.82) is 0 Å². The Morgan fingerprint density at radius 2 is 1.61 bits per heavy atom. The third-order valence-corrected chi connectivity index (χ3v) is 6.80. The number of nitrogens with zero attached hydrogens (tertiary/aromatic N) is 2. The van der Waals surface area contributed by atoms with E-state index in [2.05, 4.69) is 17.1 Å². The molecule has 7 nitrogen and oxygen atoms in total. The van der Waals surface area contributed by atoms with E-state index in [9.17, 15) is 9.59 Å². The summed E-state index contributed by atoms with van der Waals surface area (Å²) in [6, 6.07) is 17.4. The largest absolute Gasteiger partial charge is 0.494 e. The van der Waals surface area contributed by atoms with Crippen molar-refractivity contribution in [2.75, 3.05) is 49.6 Å². The van der Waals surface area contributed by atoms with Crippen molar-refractivity contribution in [3.8, 4) is 11.5 Å². The van der Waals surface area contributed by atoms with Crippen LogP contribution in [0, 0.1) is 0 Å². The van der Waals surface area contributed by atoms with Gasteiger partial charge in [-0.15, -0.1) is 0 Å². The van der Waals surface area contributed by atoms with Gasteiger partial charge in [0.15, 0.2) is 6.61 Å². The zero-order valence-corrected chi connectivity index (χ0v) is 23.2. The Bertz CT molecular complexity index is 1280. The summed E-state index contributed by atoms with van der Waals surface area (Å²) in [6.07, 6.45) is 0.933. The summed E-state index contributed by atoms with van der Waals surface area (Å²) in [5.74, 6) is 0.783. The van der Waals surface area contributed by atoms with Crippen molar-refractivity contribution in [1.82, 2.24) is 4.90 Å². The van der Waals surface area contributed by atoms with E-state index < -0.39 is 0 Å². The summed E-state index contributed by atoms with van der Waals surface area (Å²) in [4.78, 5) is 29.2. The van der Waals surface area contributed by atoms with Crippen LogP contribution in [0.15, 0.2) is 60.7 Å². The van der Waals surface area contributed by atoms with Gasteiger partial charge in [0.05, 0.1) is 22.3 Å². The average molecular weight is 577 g/mol. The summed E-state index contributed by atoms with van der Waals surface area (Å²) in [5, 5.41) is 4.09. The van der Waals surface area contributed by atoms with Gasteiger partial charge in [-0.05, 0) is 67.1 Å². The molecule has 1 fully saturated rings. The van der Waals surface area contributed by atoms with E-state index in [1.807, 2.05) is 23.1 Å². The molecule has 1 N–H and O–H groups in total. The summed E-state index contributed by atoms with van der Waals surface area (Å²) >= 11 is 18.5. The Kier molecular flexibility index (Phi) is 9.61. The highest BCUT2D eigenvalue weighted by molar-refractivity contribution is 6.35. The van der Waals surface area contributed by atoms with Gasteiger partial charge in [-0.3, -0.25) is 9.59 Å². The molecule has 0 aliphatic carbocycles. The fourth-order valence-electron chi connectivity index (χ4n) is 4.02. The second-order valence-electron chi connectivity index (χ2n) is 8.73. The SMILES string of the molecule is CCCOc1ccc(C(=O)N2CCN(c3ccc(NC(=O)COc4ccc(Cl)cc4Cl)cc3Cl)CC2)cc1. The van der Waals surface area contributed by atoms with E-state index in [0.29, 0.717) is 64.9 Å². The molecule has 0 bridgehead atoms. The summed E-state index contributed by atoms with van der Waals surface area (Å²) < 4.78 is 11.1. The molecule has 0 aromatic heterocycles. The summed E-state index contributed by atoms with van der Waals surface area (Å²) in [6.45, 7) is 4.92. The number of halogens is 3. The maximum atomic E-state index is 12.9. The van der Waals surface area contributed by atoms with Gasteiger partial charge < -0.3 is 24.6 Å². The van der Waals surface area contributed by atoms with Gasteiger partial charge in [-0.2, -0.15) is 0 Å². The van der Waals surface area contributed by atoms with Gasteiger partial charge in [-0.25, -0.2) is 0 Å². The highest BCUT2D eigenvalue weighted by Crippen LogP contribution is 2.30. The van der Waals surface area contributed by atoms with Crippen molar-refractivity contribution in [3.63, 3.8) is 0 Å². The number of amides is 2. The molecule has 1 heterocycles. The van der Waals surface area contributed by atoms with Crippen LogP contribution in [0.5, 0.6) is 11.5 Å². The molecule has 200 valence electrons. The standard InChI is InChI=1S/C28H28Cl3N3O4/c1-2-15-37-22-7-3-19(4-8-22)28(36)34-13-11-33(12-14-34)25-9-6-21(17-23(25)30)32-27(35)18-38-26-10-5-20(29)16-24(26)31/h3-10,16-17H,2,11-15,18H2,1H3,(H,32,35). The lowest BCUT2D eigenvalue weighted by Crippen LogP contribution is -2.48. The minimum Gasteiger partial charge on any atom is -0.494 e. The van der Waals surface area contributed by atoms with Crippen LogP contribution in [0.3, 0.4) is 0 Å². The number of carbonyl (C=O) groups excluding carboxylic acids is 2. The topological polar surface area (TPSA) is 71.1 Å².